The van der Waals surface area contributed by atoms with E-state index in [4.69, 9.17) is 0 Å². The molecule has 0 atom stereocenters. The van der Waals surface area contributed by atoms with Crippen LogP contribution in [0.4, 0.5) is 5.69 Å². The zero-order valence-electron chi connectivity index (χ0n) is 12.2. The second-order valence-electron chi connectivity index (χ2n) is 5.50. The Kier molecular flexibility index (Phi) is 4.49. The number of aromatic nitrogens is 2. The minimum absolute atomic E-state index is 0.302. The Morgan fingerprint density at radius 2 is 2.18 bits per heavy atom. The molecule has 1 aromatic carbocycles. The first-order valence-corrected chi connectivity index (χ1v) is 8.49. The largest absolute Gasteiger partial charge is 0.380 e. The van der Waals surface area contributed by atoms with Gasteiger partial charge in [0, 0.05) is 18.1 Å². The third-order valence-electron chi connectivity index (χ3n) is 3.83. The Labute approximate surface area is 133 Å². The maximum Gasteiger partial charge on any atom is 0.256 e. The Hall–Kier alpha value is -1.79. The van der Waals surface area contributed by atoms with Crippen LogP contribution in [0.15, 0.2) is 42.7 Å². The molecule has 1 fully saturated rings. The number of nitrogens with one attached hydrogen (secondary N) is 1. The summed E-state index contributed by atoms with van der Waals surface area (Å²) in [5.41, 5.74) is 0.525. The fourth-order valence-electron chi connectivity index (χ4n) is 2.51. The van der Waals surface area contributed by atoms with Gasteiger partial charge in [0.1, 0.15) is 5.60 Å². The van der Waals surface area contributed by atoms with E-state index in [1.807, 2.05) is 41.2 Å². The highest BCUT2D eigenvalue weighted by atomic mass is 32.2. The lowest BCUT2D eigenvalue weighted by Gasteiger charge is -2.30. The van der Waals surface area contributed by atoms with Crippen LogP contribution in [-0.4, -0.2) is 37.9 Å². The Balaban J connectivity index is 1.68. The summed E-state index contributed by atoms with van der Waals surface area (Å²) in [5, 5.41) is 17.5. The van der Waals surface area contributed by atoms with Crippen molar-refractivity contribution in [1.82, 2.24) is 9.78 Å². The van der Waals surface area contributed by atoms with Gasteiger partial charge in [-0.05, 0) is 48.1 Å². The van der Waals surface area contributed by atoms with E-state index in [9.17, 15) is 9.90 Å². The van der Waals surface area contributed by atoms with E-state index in [1.54, 1.807) is 18.0 Å². The molecule has 1 amide bonds. The van der Waals surface area contributed by atoms with Crippen molar-refractivity contribution in [3.05, 3.63) is 48.3 Å². The van der Waals surface area contributed by atoms with Gasteiger partial charge in [-0.2, -0.15) is 16.9 Å². The first-order valence-electron chi connectivity index (χ1n) is 7.34. The van der Waals surface area contributed by atoms with E-state index in [1.165, 1.54) is 0 Å². The molecule has 0 spiro atoms. The van der Waals surface area contributed by atoms with E-state index >= 15 is 0 Å². The molecule has 0 saturated carbocycles. The highest BCUT2D eigenvalue weighted by Crippen LogP contribution is 2.28. The number of rotatable bonds is 4. The third kappa shape index (κ3) is 3.51. The number of aliphatic hydroxyl groups is 1. The molecule has 2 aromatic rings. The second-order valence-corrected chi connectivity index (χ2v) is 6.73. The standard InChI is InChI=1S/C16H19N3O2S/c20-15(16(21)5-9-22-10-6-16)18-14-4-1-3-13(11-14)12-19-8-2-7-17-19/h1-4,7-8,11,21H,5-6,9-10,12H2,(H,18,20). The fraction of sp³-hybridized carbons (Fsp3) is 0.375. The minimum Gasteiger partial charge on any atom is -0.380 e. The van der Waals surface area contributed by atoms with Gasteiger partial charge in [0.15, 0.2) is 0 Å². The van der Waals surface area contributed by atoms with Crippen molar-refractivity contribution in [3.63, 3.8) is 0 Å². The van der Waals surface area contributed by atoms with Gasteiger partial charge in [0.2, 0.25) is 0 Å². The van der Waals surface area contributed by atoms with Crippen molar-refractivity contribution in [3.8, 4) is 0 Å². The number of benzene rings is 1. The molecule has 0 aliphatic carbocycles. The summed E-state index contributed by atoms with van der Waals surface area (Å²) in [6.45, 7) is 0.650. The van der Waals surface area contributed by atoms with E-state index in [2.05, 4.69) is 10.4 Å². The number of amides is 1. The SMILES string of the molecule is O=C(Nc1cccc(Cn2cccn2)c1)C1(O)CCSCC1. The lowest BCUT2D eigenvalue weighted by Crippen LogP contribution is -2.45. The van der Waals surface area contributed by atoms with Crippen LogP contribution in [-0.2, 0) is 11.3 Å². The molecule has 0 unspecified atom stereocenters. The van der Waals surface area contributed by atoms with Gasteiger partial charge in [-0.15, -0.1) is 0 Å². The predicted octanol–water partition coefficient (Wildman–Crippen LogP) is 2.13. The fourth-order valence-corrected chi connectivity index (χ4v) is 3.68. The van der Waals surface area contributed by atoms with E-state index in [0.717, 1.165) is 17.1 Å². The smallest absolute Gasteiger partial charge is 0.256 e. The summed E-state index contributed by atoms with van der Waals surface area (Å²) >= 11 is 1.78. The van der Waals surface area contributed by atoms with E-state index in [0.29, 0.717) is 25.1 Å². The van der Waals surface area contributed by atoms with Crippen molar-refractivity contribution in [2.24, 2.45) is 0 Å². The van der Waals surface area contributed by atoms with Gasteiger partial charge in [0.25, 0.3) is 5.91 Å². The van der Waals surface area contributed by atoms with Crippen LogP contribution in [0.1, 0.15) is 18.4 Å². The molecule has 1 aliphatic heterocycles. The first-order chi connectivity index (χ1) is 10.7. The number of anilines is 1. The lowest BCUT2D eigenvalue weighted by molar-refractivity contribution is -0.134. The van der Waals surface area contributed by atoms with Crippen LogP contribution >= 0.6 is 11.8 Å². The molecular formula is C16H19N3O2S. The third-order valence-corrected chi connectivity index (χ3v) is 4.82. The number of hydrogen-bond donors (Lipinski definition) is 2. The molecule has 0 radical (unpaired) electrons. The molecule has 116 valence electrons. The van der Waals surface area contributed by atoms with Gasteiger partial charge in [-0.25, -0.2) is 0 Å². The van der Waals surface area contributed by atoms with Crippen molar-refractivity contribution < 1.29 is 9.90 Å². The predicted molar refractivity (Wildman–Crippen MR) is 87.9 cm³/mol. The maximum absolute atomic E-state index is 12.3. The summed E-state index contributed by atoms with van der Waals surface area (Å²) < 4.78 is 1.83. The zero-order valence-corrected chi connectivity index (χ0v) is 13.1. The summed E-state index contributed by atoms with van der Waals surface area (Å²) in [6, 6.07) is 9.52. The molecule has 3 rings (SSSR count). The molecule has 5 nitrogen and oxygen atoms in total. The molecule has 1 aromatic heterocycles. The highest BCUT2D eigenvalue weighted by Gasteiger charge is 2.37. The van der Waals surface area contributed by atoms with Gasteiger partial charge in [0.05, 0.1) is 6.54 Å². The lowest BCUT2D eigenvalue weighted by atomic mass is 9.95. The van der Waals surface area contributed by atoms with Crippen LogP contribution < -0.4 is 5.32 Å². The summed E-state index contributed by atoms with van der Waals surface area (Å²) in [5.74, 6) is 1.34. The molecule has 22 heavy (non-hydrogen) atoms. The van der Waals surface area contributed by atoms with Gasteiger partial charge >= 0.3 is 0 Å². The molecule has 1 saturated heterocycles. The summed E-state index contributed by atoms with van der Waals surface area (Å²) in [4.78, 5) is 12.3. The Morgan fingerprint density at radius 3 is 2.91 bits per heavy atom. The Bertz CT molecular complexity index is 637. The number of carbonyl (C=O) groups excluding carboxylic acids is 1. The number of hydrogen-bond acceptors (Lipinski definition) is 4. The van der Waals surface area contributed by atoms with Crippen LogP contribution in [0.5, 0.6) is 0 Å². The van der Waals surface area contributed by atoms with Gasteiger partial charge < -0.3 is 10.4 Å². The average Bonchev–Trinajstić information content (AvgIpc) is 3.01. The number of thioether (sulfide) groups is 1. The molecule has 2 N–H and O–H groups in total. The van der Waals surface area contributed by atoms with Crippen LogP contribution in [0.3, 0.4) is 0 Å². The maximum atomic E-state index is 12.3. The summed E-state index contributed by atoms with van der Waals surface area (Å²) in [7, 11) is 0. The Morgan fingerprint density at radius 1 is 1.36 bits per heavy atom. The topological polar surface area (TPSA) is 67.2 Å². The second kappa shape index (κ2) is 6.54. The van der Waals surface area contributed by atoms with E-state index in [-0.39, 0.29) is 5.91 Å². The molecule has 0 bridgehead atoms. The molecule has 2 heterocycles. The van der Waals surface area contributed by atoms with Gasteiger partial charge in [-0.1, -0.05) is 12.1 Å². The highest BCUT2D eigenvalue weighted by molar-refractivity contribution is 7.99. The molecular weight excluding hydrogens is 298 g/mol. The quantitative estimate of drug-likeness (QED) is 0.906. The van der Waals surface area contributed by atoms with E-state index < -0.39 is 5.60 Å². The first kappa shape index (κ1) is 15.1. The molecule has 1 aliphatic rings. The van der Waals surface area contributed by atoms with Crippen LogP contribution in [0, 0.1) is 0 Å². The van der Waals surface area contributed by atoms with Crippen LogP contribution in [0.25, 0.3) is 0 Å². The van der Waals surface area contributed by atoms with Crippen molar-refractivity contribution in [2.45, 2.75) is 25.0 Å². The average molecular weight is 317 g/mol. The monoisotopic (exact) mass is 317 g/mol. The normalized spacial score (nSPS) is 17.1. The minimum atomic E-state index is -1.23. The van der Waals surface area contributed by atoms with Crippen LogP contribution in [0.2, 0.25) is 0 Å². The number of carbonyl (C=O) groups is 1. The zero-order chi connectivity index (χ0) is 15.4. The van der Waals surface area contributed by atoms with Gasteiger partial charge in [-0.3, -0.25) is 9.48 Å². The summed E-state index contributed by atoms with van der Waals surface area (Å²) in [6.07, 6.45) is 4.66. The van der Waals surface area contributed by atoms with Crippen molar-refractivity contribution in [2.75, 3.05) is 16.8 Å². The molecule has 6 heteroatoms. The van der Waals surface area contributed by atoms with Crippen molar-refractivity contribution >= 4 is 23.4 Å². The number of nitrogens with zero attached hydrogens (tertiary/aromatic N) is 2. The van der Waals surface area contributed by atoms with Crippen molar-refractivity contribution in [1.29, 1.82) is 0 Å².